The van der Waals surface area contributed by atoms with Crippen LogP contribution in [0.15, 0.2) is 35.4 Å². The first-order chi connectivity index (χ1) is 15.0. The molecule has 154 valence electrons. The minimum Gasteiger partial charge on any atom is -0.383 e. The molecular weight excluding hydrogens is 428 g/mol. The molecule has 0 saturated heterocycles. The van der Waals surface area contributed by atoms with E-state index in [4.69, 9.17) is 5.73 Å². The number of nitrogens with zero attached hydrogens (tertiary/aromatic N) is 4. The lowest BCUT2D eigenvalue weighted by molar-refractivity contribution is -0.113. The molecule has 1 aliphatic carbocycles. The molecule has 2 heterocycles. The third-order valence-corrected chi connectivity index (χ3v) is 6.73. The van der Waals surface area contributed by atoms with Crippen LogP contribution in [0, 0.1) is 29.6 Å². The van der Waals surface area contributed by atoms with Gasteiger partial charge in [0.25, 0.3) is 0 Å². The molecule has 0 spiro atoms. The Morgan fingerprint density at radius 1 is 1.23 bits per heavy atom. The number of carbonyl (C=O) groups excluding carboxylic acids is 1. The Balaban J connectivity index is 1.49. The Hall–Kier alpha value is -3.40. The molecule has 0 unspecified atom stereocenters. The van der Waals surface area contributed by atoms with Crippen molar-refractivity contribution in [2.24, 2.45) is 0 Å². The van der Waals surface area contributed by atoms with Crippen LogP contribution < -0.4 is 11.1 Å². The molecule has 1 saturated carbocycles. The van der Waals surface area contributed by atoms with Crippen molar-refractivity contribution in [1.29, 1.82) is 10.5 Å². The van der Waals surface area contributed by atoms with E-state index >= 15 is 0 Å². The third-order valence-electron chi connectivity index (χ3n) is 4.87. The number of nitriles is 2. The number of benzene rings is 1. The fourth-order valence-corrected chi connectivity index (χ4v) is 4.97. The lowest BCUT2D eigenvalue weighted by Crippen LogP contribution is -2.14. The predicted molar refractivity (Wildman–Crippen MR) is 122 cm³/mol. The third kappa shape index (κ3) is 4.38. The van der Waals surface area contributed by atoms with Crippen molar-refractivity contribution in [3.8, 4) is 23.4 Å². The van der Waals surface area contributed by atoms with Gasteiger partial charge in [-0.1, -0.05) is 42.1 Å². The van der Waals surface area contributed by atoms with E-state index in [1.165, 1.54) is 11.3 Å². The van der Waals surface area contributed by atoms with Crippen LogP contribution in [0.1, 0.15) is 40.3 Å². The van der Waals surface area contributed by atoms with Gasteiger partial charge in [-0.25, -0.2) is 9.97 Å². The van der Waals surface area contributed by atoms with Gasteiger partial charge in [0, 0.05) is 10.4 Å². The van der Waals surface area contributed by atoms with Crippen LogP contribution in [0.4, 0.5) is 10.9 Å². The van der Waals surface area contributed by atoms with Crippen LogP contribution in [0.2, 0.25) is 0 Å². The molecule has 1 aromatic carbocycles. The summed E-state index contributed by atoms with van der Waals surface area (Å²) in [6.07, 6.45) is 1.84. The van der Waals surface area contributed by atoms with Gasteiger partial charge in [0.2, 0.25) is 5.91 Å². The van der Waals surface area contributed by atoms with Crippen LogP contribution in [-0.2, 0) is 4.79 Å². The van der Waals surface area contributed by atoms with Crippen molar-refractivity contribution in [2.75, 3.05) is 16.8 Å². The van der Waals surface area contributed by atoms with Crippen molar-refractivity contribution in [3.63, 3.8) is 0 Å². The van der Waals surface area contributed by atoms with E-state index in [1.807, 2.05) is 37.3 Å². The smallest absolute Gasteiger partial charge is 0.236 e. The van der Waals surface area contributed by atoms with Crippen molar-refractivity contribution in [2.45, 2.75) is 30.7 Å². The number of hydrogen-bond acceptors (Lipinski definition) is 8. The average Bonchev–Trinajstić information content (AvgIpc) is 3.54. The van der Waals surface area contributed by atoms with E-state index in [2.05, 4.69) is 27.4 Å². The highest BCUT2D eigenvalue weighted by Crippen LogP contribution is 2.45. The summed E-state index contributed by atoms with van der Waals surface area (Å²) < 4.78 is 0. The van der Waals surface area contributed by atoms with Gasteiger partial charge in [0.05, 0.1) is 22.6 Å². The van der Waals surface area contributed by atoms with E-state index < -0.39 is 0 Å². The van der Waals surface area contributed by atoms with E-state index in [0.29, 0.717) is 21.3 Å². The monoisotopic (exact) mass is 446 g/mol. The molecule has 2 aromatic heterocycles. The lowest BCUT2D eigenvalue weighted by atomic mass is 10.0. The molecule has 9 heteroatoms. The summed E-state index contributed by atoms with van der Waals surface area (Å²) in [7, 11) is 0. The first-order valence-corrected chi connectivity index (χ1v) is 11.4. The number of thiazole rings is 1. The molecule has 3 aromatic rings. The number of amides is 1. The van der Waals surface area contributed by atoms with Gasteiger partial charge in [0.15, 0.2) is 5.13 Å². The fourth-order valence-electron chi connectivity index (χ4n) is 3.31. The number of rotatable bonds is 6. The number of aryl methyl sites for hydroxylation is 1. The summed E-state index contributed by atoms with van der Waals surface area (Å²) in [5.41, 5.74) is 9.10. The SMILES string of the molecule is Cc1sc(NC(=O)CSc2nc(N)c(C#N)c(C3CC3)c2C#N)nc1-c1ccccc1. The summed E-state index contributed by atoms with van der Waals surface area (Å²) in [5.74, 6) is 0.0722. The maximum absolute atomic E-state index is 12.5. The van der Waals surface area contributed by atoms with E-state index in [0.717, 1.165) is 40.7 Å². The predicted octanol–water partition coefficient (Wildman–Crippen LogP) is 4.45. The van der Waals surface area contributed by atoms with Gasteiger partial charge < -0.3 is 11.1 Å². The molecule has 0 radical (unpaired) electrons. The number of hydrogen-bond donors (Lipinski definition) is 2. The number of nitrogens with two attached hydrogens (primary N) is 1. The molecule has 4 rings (SSSR count). The Morgan fingerprint density at radius 2 is 1.94 bits per heavy atom. The molecule has 3 N–H and O–H groups in total. The Labute approximate surface area is 187 Å². The molecule has 0 atom stereocenters. The van der Waals surface area contributed by atoms with Gasteiger partial charge in [0.1, 0.15) is 23.0 Å². The number of nitrogens with one attached hydrogen (secondary N) is 1. The maximum Gasteiger partial charge on any atom is 0.236 e. The molecule has 0 aliphatic heterocycles. The molecule has 31 heavy (non-hydrogen) atoms. The van der Waals surface area contributed by atoms with Crippen molar-refractivity contribution in [3.05, 3.63) is 51.9 Å². The number of anilines is 2. The quantitative estimate of drug-likeness (QED) is 0.535. The first-order valence-electron chi connectivity index (χ1n) is 9.60. The molecule has 1 aliphatic rings. The number of carbonyl (C=O) groups is 1. The van der Waals surface area contributed by atoms with Crippen LogP contribution in [-0.4, -0.2) is 21.6 Å². The molecule has 7 nitrogen and oxygen atoms in total. The van der Waals surface area contributed by atoms with E-state index in [9.17, 15) is 15.3 Å². The lowest BCUT2D eigenvalue weighted by Gasteiger charge is -2.11. The van der Waals surface area contributed by atoms with Crippen molar-refractivity contribution < 1.29 is 4.79 Å². The van der Waals surface area contributed by atoms with Crippen LogP contribution in [0.3, 0.4) is 0 Å². The number of nitrogen functional groups attached to an aromatic ring is 1. The second-order valence-electron chi connectivity index (χ2n) is 7.09. The molecule has 0 bridgehead atoms. The average molecular weight is 447 g/mol. The van der Waals surface area contributed by atoms with Crippen LogP contribution in [0.25, 0.3) is 11.3 Å². The Kier molecular flexibility index (Phi) is 5.90. The largest absolute Gasteiger partial charge is 0.383 e. The minimum atomic E-state index is -0.250. The van der Waals surface area contributed by atoms with E-state index in [-0.39, 0.29) is 29.0 Å². The van der Waals surface area contributed by atoms with Gasteiger partial charge >= 0.3 is 0 Å². The number of pyridine rings is 1. The summed E-state index contributed by atoms with van der Waals surface area (Å²) in [4.78, 5) is 22.3. The van der Waals surface area contributed by atoms with E-state index in [1.54, 1.807) is 0 Å². The number of aromatic nitrogens is 2. The summed E-state index contributed by atoms with van der Waals surface area (Å²) in [6.45, 7) is 1.96. The van der Waals surface area contributed by atoms with Gasteiger partial charge in [-0.15, -0.1) is 11.3 Å². The zero-order valence-electron chi connectivity index (χ0n) is 16.7. The normalized spacial score (nSPS) is 12.7. The zero-order chi connectivity index (χ0) is 22.0. The highest BCUT2D eigenvalue weighted by molar-refractivity contribution is 8.00. The van der Waals surface area contributed by atoms with Gasteiger partial charge in [-0.05, 0) is 31.2 Å². The molecular formula is C22H18N6OS2. The fraction of sp³-hybridized carbons (Fsp3) is 0.227. The molecule has 1 amide bonds. The standard InChI is InChI=1S/C22H18N6OS2/c1-12-19(14-5-3-2-4-6-14)27-22(31-12)26-17(29)11-30-21-16(10-24)18(13-7-8-13)15(9-23)20(25)28-21/h2-6,13H,7-8,11H2,1H3,(H2,25,28)(H,26,27,29). The van der Waals surface area contributed by atoms with Gasteiger partial charge in [-0.3, -0.25) is 4.79 Å². The van der Waals surface area contributed by atoms with Crippen LogP contribution >= 0.6 is 23.1 Å². The topological polar surface area (TPSA) is 128 Å². The van der Waals surface area contributed by atoms with Crippen LogP contribution in [0.5, 0.6) is 0 Å². The summed E-state index contributed by atoms with van der Waals surface area (Å²) in [5, 5.41) is 22.8. The summed E-state index contributed by atoms with van der Waals surface area (Å²) in [6, 6.07) is 14.0. The maximum atomic E-state index is 12.5. The highest BCUT2D eigenvalue weighted by atomic mass is 32.2. The second kappa shape index (κ2) is 8.76. The van der Waals surface area contributed by atoms with Crippen molar-refractivity contribution >= 4 is 40.0 Å². The zero-order valence-corrected chi connectivity index (χ0v) is 18.3. The highest BCUT2D eigenvalue weighted by Gasteiger charge is 2.32. The Bertz CT molecular complexity index is 1240. The van der Waals surface area contributed by atoms with Gasteiger partial charge in [-0.2, -0.15) is 10.5 Å². The minimum absolute atomic E-state index is 0.0520. The Morgan fingerprint density at radius 3 is 2.58 bits per heavy atom. The summed E-state index contributed by atoms with van der Waals surface area (Å²) >= 11 is 2.55. The van der Waals surface area contributed by atoms with Crippen molar-refractivity contribution in [1.82, 2.24) is 9.97 Å². The first kappa shape index (κ1) is 20.9. The second-order valence-corrected chi connectivity index (χ2v) is 9.26. The molecule has 1 fully saturated rings. The number of thioether (sulfide) groups is 1.